The van der Waals surface area contributed by atoms with Crippen LogP contribution in [0.5, 0.6) is 0 Å². The van der Waals surface area contributed by atoms with Crippen molar-refractivity contribution >= 4 is 29.7 Å². The summed E-state index contributed by atoms with van der Waals surface area (Å²) >= 11 is 1.83. The highest BCUT2D eigenvalue weighted by Crippen LogP contribution is 2.33. The largest absolute Gasteiger partial charge is 0.349 e. The Balaban J connectivity index is 0.00000133. The molecule has 1 saturated heterocycles. The number of halogens is 1. The molecule has 0 bridgehead atoms. The van der Waals surface area contributed by atoms with Gasteiger partial charge in [-0.3, -0.25) is 4.79 Å². The number of carbonyl (C=O) groups excluding carboxylic acids is 1. The number of carbonyl (C=O) groups is 1. The van der Waals surface area contributed by atoms with Gasteiger partial charge in [-0.25, -0.2) is 0 Å². The molecule has 0 radical (unpaired) electrons. The van der Waals surface area contributed by atoms with Crippen LogP contribution in [-0.2, 0) is 11.2 Å². The highest BCUT2D eigenvalue weighted by atomic mass is 35.5. The van der Waals surface area contributed by atoms with E-state index in [1.807, 2.05) is 11.3 Å². The van der Waals surface area contributed by atoms with Crippen LogP contribution in [-0.4, -0.2) is 19.0 Å². The number of hydrogen-bond donors (Lipinski definition) is 2. The van der Waals surface area contributed by atoms with Crippen molar-refractivity contribution in [2.24, 2.45) is 5.92 Å². The first-order chi connectivity index (χ1) is 8.84. The van der Waals surface area contributed by atoms with E-state index in [2.05, 4.69) is 22.1 Å². The number of rotatable bonds is 2. The van der Waals surface area contributed by atoms with Crippen LogP contribution >= 0.6 is 23.7 Å². The predicted octanol–water partition coefficient (Wildman–Crippen LogP) is 2.66. The van der Waals surface area contributed by atoms with Crippen molar-refractivity contribution in [3.63, 3.8) is 0 Å². The quantitative estimate of drug-likeness (QED) is 0.882. The topological polar surface area (TPSA) is 41.1 Å². The summed E-state index contributed by atoms with van der Waals surface area (Å²) in [5, 5.41) is 8.72. The Morgan fingerprint density at radius 2 is 2.26 bits per heavy atom. The van der Waals surface area contributed by atoms with Crippen LogP contribution in [0.3, 0.4) is 0 Å². The van der Waals surface area contributed by atoms with Crippen molar-refractivity contribution in [2.45, 2.75) is 38.1 Å². The molecular formula is C14H21ClN2OS. The van der Waals surface area contributed by atoms with E-state index in [9.17, 15) is 4.79 Å². The SMILES string of the molecule is Cl.O=C(NC1CCCc2sccc21)C1CCCNC1. The maximum Gasteiger partial charge on any atom is 0.224 e. The van der Waals surface area contributed by atoms with E-state index in [-0.39, 0.29) is 30.3 Å². The average molecular weight is 301 g/mol. The maximum absolute atomic E-state index is 12.3. The van der Waals surface area contributed by atoms with Gasteiger partial charge in [-0.05, 0) is 55.7 Å². The number of fused-ring (bicyclic) bond motifs is 1. The molecule has 1 fully saturated rings. The van der Waals surface area contributed by atoms with Gasteiger partial charge in [-0.15, -0.1) is 23.7 Å². The van der Waals surface area contributed by atoms with Gasteiger partial charge >= 0.3 is 0 Å². The Hall–Kier alpha value is -0.580. The molecule has 106 valence electrons. The summed E-state index contributed by atoms with van der Waals surface area (Å²) in [4.78, 5) is 13.7. The lowest BCUT2D eigenvalue weighted by molar-refractivity contribution is -0.126. The molecule has 1 amide bonds. The van der Waals surface area contributed by atoms with E-state index in [4.69, 9.17) is 0 Å². The molecule has 2 N–H and O–H groups in total. The molecule has 2 atom stereocenters. The van der Waals surface area contributed by atoms with Crippen LogP contribution in [0.2, 0.25) is 0 Å². The van der Waals surface area contributed by atoms with Gasteiger partial charge < -0.3 is 10.6 Å². The van der Waals surface area contributed by atoms with Gasteiger partial charge in [0, 0.05) is 11.4 Å². The summed E-state index contributed by atoms with van der Waals surface area (Å²) < 4.78 is 0. The third-order valence-corrected chi connectivity index (χ3v) is 5.03. The highest BCUT2D eigenvalue weighted by Gasteiger charge is 2.26. The van der Waals surface area contributed by atoms with Crippen molar-refractivity contribution in [3.05, 3.63) is 21.9 Å². The monoisotopic (exact) mass is 300 g/mol. The summed E-state index contributed by atoms with van der Waals surface area (Å²) in [6, 6.07) is 2.44. The second-order valence-corrected chi connectivity index (χ2v) is 6.30. The molecule has 1 aromatic heterocycles. The van der Waals surface area contributed by atoms with Crippen LogP contribution in [0.15, 0.2) is 11.4 Å². The minimum atomic E-state index is 0. The number of nitrogens with one attached hydrogen (secondary N) is 2. The molecule has 0 spiro atoms. The normalized spacial score (nSPS) is 26.1. The van der Waals surface area contributed by atoms with E-state index < -0.39 is 0 Å². The first kappa shape index (κ1) is 14.8. The molecule has 2 unspecified atom stereocenters. The summed E-state index contributed by atoms with van der Waals surface area (Å²) in [6.07, 6.45) is 5.62. The van der Waals surface area contributed by atoms with Gasteiger partial charge in [-0.1, -0.05) is 0 Å². The Morgan fingerprint density at radius 3 is 3.05 bits per heavy atom. The number of thiophene rings is 1. The summed E-state index contributed by atoms with van der Waals surface area (Å²) in [5.74, 6) is 0.411. The first-order valence-corrected chi connectivity index (χ1v) is 7.80. The van der Waals surface area contributed by atoms with E-state index in [1.54, 1.807) is 0 Å². The molecule has 2 aliphatic rings. The number of piperidine rings is 1. The van der Waals surface area contributed by atoms with Gasteiger partial charge in [0.05, 0.1) is 12.0 Å². The Labute approximate surface area is 124 Å². The zero-order valence-corrected chi connectivity index (χ0v) is 12.6. The van der Waals surface area contributed by atoms with Crippen LogP contribution in [0.25, 0.3) is 0 Å². The van der Waals surface area contributed by atoms with Crippen molar-refractivity contribution in [1.29, 1.82) is 0 Å². The van der Waals surface area contributed by atoms with Crippen molar-refractivity contribution < 1.29 is 4.79 Å². The van der Waals surface area contributed by atoms with Gasteiger partial charge in [-0.2, -0.15) is 0 Å². The van der Waals surface area contributed by atoms with Gasteiger partial charge in [0.15, 0.2) is 0 Å². The van der Waals surface area contributed by atoms with E-state index in [0.29, 0.717) is 0 Å². The van der Waals surface area contributed by atoms with Crippen molar-refractivity contribution in [2.75, 3.05) is 13.1 Å². The fourth-order valence-corrected chi connectivity index (χ4v) is 3.99. The van der Waals surface area contributed by atoms with Crippen LogP contribution < -0.4 is 10.6 Å². The van der Waals surface area contributed by atoms with Crippen LogP contribution in [0.1, 0.15) is 42.2 Å². The molecule has 0 saturated carbocycles. The zero-order valence-electron chi connectivity index (χ0n) is 11.0. The van der Waals surface area contributed by atoms with Crippen LogP contribution in [0, 0.1) is 5.92 Å². The molecule has 3 nitrogen and oxygen atoms in total. The van der Waals surface area contributed by atoms with Gasteiger partial charge in [0.1, 0.15) is 0 Å². The lowest BCUT2D eigenvalue weighted by Crippen LogP contribution is -2.42. The van der Waals surface area contributed by atoms with Crippen molar-refractivity contribution in [3.8, 4) is 0 Å². The molecule has 0 aromatic carbocycles. The third kappa shape index (κ3) is 3.30. The smallest absolute Gasteiger partial charge is 0.224 e. The van der Waals surface area contributed by atoms with E-state index in [0.717, 1.165) is 32.4 Å². The average Bonchev–Trinajstić information content (AvgIpc) is 2.89. The standard InChI is InChI=1S/C14H20N2OS.ClH/c17-14(10-3-2-7-15-9-10)16-12-4-1-5-13-11(12)6-8-18-13;/h6,8,10,12,15H,1-5,7,9H2,(H,16,17);1H. The maximum atomic E-state index is 12.3. The highest BCUT2D eigenvalue weighted by molar-refractivity contribution is 7.10. The predicted molar refractivity (Wildman–Crippen MR) is 81.0 cm³/mol. The number of aryl methyl sites for hydroxylation is 1. The zero-order chi connectivity index (χ0) is 12.4. The van der Waals surface area contributed by atoms with Gasteiger partial charge in [0.25, 0.3) is 0 Å². The Morgan fingerprint density at radius 1 is 1.37 bits per heavy atom. The molecule has 19 heavy (non-hydrogen) atoms. The second kappa shape index (κ2) is 6.73. The lowest BCUT2D eigenvalue weighted by atomic mass is 9.92. The summed E-state index contributed by atoms with van der Waals surface area (Å²) in [7, 11) is 0. The van der Waals surface area contributed by atoms with E-state index in [1.165, 1.54) is 23.3 Å². The Kier molecular flexibility index (Phi) is 5.25. The molecule has 1 aliphatic carbocycles. The molecule has 2 heterocycles. The minimum Gasteiger partial charge on any atom is -0.349 e. The number of amides is 1. The summed E-state index contributed by atoms with van der Waals surface area (Å²) in [6.45, 7) is 1.90. The Bertz CT molecular complexity index is 429. The summed E-state index contributed by atoms with van der Waals surface area (Å²) in [5.41, 5.74) is 1.36. The molecular weight excluding hydrogens is 280 g/mol. The third-order valence-electron chi connectivity index (χ3n) is 4.04. The lowest BCUT2D eigenvalue weighted by Gasteiger charge is -2.28. The molecule has 5 heteroatoms. The van der Waals surface area contributed by atoms with Gasteiger partial charge in [0.2, 0.25) is 5.91 Å². The minimum absolute atomic E-state index is 0. The van der Waals surface area contributed by atoms with E-state index >= 15 is 0 Å². The fourth-order valence-electron chi connectivity index (χ4n) is 3.00. The second-order valence-electron chi connectivity index (χ2n) is 5.30. The first-order valence-electron chi connectivity index (χ1n) is 6.92. The molecule has 1 aromatic rings. The molecule has 3 rings (SSSR count). The fraction of sp³-hybridized carbons (Fsp3) is 0.643. The van der Waals surface area contributed by atoms with Crippen LogP contribution in [0.4, 0.5) is 0 Å². The molecule has 1 aliphatic heterocycles. The van der Waals surface area contributed by atoms with Crippen molar-refractivity contribution in [1.82, 2.24) is 10.6 Å². The number of hydrogen-bond acceptors (Lipinski definition) is 3.